The first kappa shape index (κ1) is 8.67. The maximum atomic E-state index is 10.3. The van der Waals surface area contributed by atoms with Crippen LogP contribution in [0.5, 0.6) is 0 Å². The highest BCUT2D eigenvalue weighted by Gasteiger charge is 2.09. The Labute approximate surface area is 70.0 Å². The van der Waals surface area contributed by atoms with Crippen molar-refractivity contribution in [2.24, 2.45) is 5.73 Å². The molecule has 0 amide bonds. The van der Waals surface area contributed by atoms with Gasteiger partial charge in [-0.2, -0.15) is 0 Å². The van der Waals surface area contributed by atoms with Gasteiger partial charge in [-0.1, -0.05) is 6.07 Å². The molecule has 0 aliphatic heterocycles. The third kappa shape index (κ3) is 2.32. The van der Waals surface area contributed by atoms with Crippen molar-refractivity contribution in [2.75, 3.05) is 0 Å². The lowest BCUT2D eigenvalue weighted by Gasteiger charge is -2.07. The zero-order valence-corrected chi connectivity index (χ0v) is 6.47. The Kier molecular flexibility index (Phi) is 2.76. The summed E-state index contributed by atoms with van der Waals surface area (Å²) in [6.45, 7) is 0. The predicted octanol–water partition coefficient (Wildman–Crippen LogP) is 0.556. The van der Waals surface area contributed by atoms with E-state index in [4.69, 9.17) is 10.8 Å². The van der Waals surface area contributed by atoms with Crippen LogP contribution in [0, 0.1) is 0 Å². The number of rotatable bonds is 3. The number of carboxylic acid groups (broad SMARTS) is 1. The molecule has 0 fully saturated rings. The van der Waals surface area contributed by atoms with Crippen molar-refractivity contribution in [2.45, 2.75) is 12.5 Å². The Morgan fingerprint density at radius 3 is 3.00 bits per heavy atom. The van der Waals surface area contributed by atoms with Gasteiger partial charge in [-0.15, -0.1) is 0 Å². The van der Waals surface area contributed by atoms with Crippen molar-refractivity contribution in [1.82, 2.24) is 4.98 Å². The molecule has 1 atom stereocenters. The summed E-state index contributed by atoms with van der Waals surface area (Å²) in [5, 5.41) is 8.44. The summed E-state index contributed by atoms with van der Waals surface area (Å²) < 4.78 is 0. The summed E-state index contributed by atoms with van der Waals surface area (Å²) >= 11 is 0. The van der Waals surface area contributed by atoms with E-state index in [0.29, 0.717) is 0 Å². The molecule has 3 N–H and O–H groups in total. The molecule has 0 unspecified atom stereocenters. The second-order valence-electron chi connectivity index (χ2n) is 2.49. The van der Waals surface area contributed by atoms with E-state index < -0.39 is 12.0 Å². The Bertz CT molecular complexity index is 261. The molecular formula is C8H10N2O2. The molecule has 0 spiro atoms. The second kappa shape index (κ2) is 3.82. The van der Waals surface area contributed by atoms with Crippen molar-refractivity contribution in [3.8, 4) is 0 Å². The third-order valence-electron chi connectivity index (χ3n) is 1.51. The maximum Gasteiger partial charge on any atom is 0.305 e. The third-order valence-corrected chi connectivity index (χ3v) is 1.51. The van der Waals surface area contributed by atoms with E-state index in [2.05, 4.69) is 4.98 Å². The quantitative estimate of drug-likeness (QED) is 0.687. The SMILES string of the molecule is N[C@H](CC(=O)O)c1cccnc1. The number of aliphatic carboxylic acids is 1. The first-order chi connectivity index (χ1) is 5.70. The van der Waals surface area contributed by atoms with Gasteiger partial charge < -0.3 is 10.8 Å². The van der Waals surface area contributed by atoms with E-state index in [1.807, 2.05) is 0 Å². The Hall–Kier alpha value is -1.42. The molecular weight excluding hydrogens is 156 g/mol. The summed E-state index contributed by atoms with van der Waals surface area (Å²) in [6.07, 6.45) is 3.14. The lowest BCUT2D eigenvalue weighted by Crippen LogP contribution is -2.14. The van der Waals surface area contributed by atoms with Crippen LogP contribution in [0.3, 0.4) is 0 Å². The molecule has 64 valence electrons. The van der Waals surface area contributed by atoms with Gasteiger partial charge in [0.05, 0.1) is 6.42 Å². The monoisotopic (exact) mass is 166 g/mol. The van der Waals surface area contributed by atoms with Crippen LogP contribution in [0.25, 0.3) is 0 Å². The zero-order chi connectivity index (χ0) is 8.97. The predicted molar refractivity (Wildman–Crippen MR) is 43.4 cm³/mol. The summed E-state index contributed by atoms with van der Waals surface area (Å²) in [7, 11) is 0. The summed E-state index contributed by atoms with van der Waals surface area (Å²) in [6, 6.07) is 3.04. The van der Waals surface area contributed by atoms with Crippen LogP contribution in [-0.4, -0.2) is 16.1 Å². The average Bonchev–Trinajstić information content (AvgIpc) is 2.05. The van der Waals surface area contributed by atoms with Crippen molar-refractivity contribution >= 4 is 5.97 Å². The fourth-order valence-corrected chi connectivity index (χ4v) is 0.901. The molecule has 0 aliphatic carbocycles. The second-order valence-corrected chi connectivity index (χ2v) is 2.49. The number of aromatic nitrogens is 1. The van der Waals surface area contributed by atoms with Gasteiger partial charge >= 0.3 is 5.97 Å². The standard InChI is InChI=1S/C8H10N2O2/c9-7(4-8(11)12)6-2-1-3-10-5-6/h1-3,5,7H,4,9H2,(H,11,12)/t7-/m1/s1. The summed E-state index contributed by atoms with van der Waals surface area (Å²) in [5.41, 5.74) is 6.33. The van der Waals surface area contributed by atoms with Crippen molar-refractivity contribution in [1.29, 1.82) is 0 Å². The Balaban J connectivity index is 2.65. The molecule has 4 heteroatoms. The number of nitrogens with two attached hydrogens (primary N) is 1. The van der Waals surface area contributed by atoms with E-state index in [1.54, 1.807) is 24.5 Å². The van der Waals surface area contributed by atoms with Gasteiger partial charge in [-0.05, 0) is 11.6 Å². The molecule has 12 heavy (non-hydrogen) atoms. The van der Waals surface area contributed by atoms with Crippen molar-refractivity contribution < 1.29 is 9.90 Å². The van der Waals surface area contributed by atoms with E-state index in [1.165, 1.54) is 0 Å². The van der Waals surface area contributed by atoms with Crippen LogP contribution < -0.4 is 5.73 Å². The van der Waals surface area contributed by atoms with Crippen molar-refractivity contribution in [3.05, 3.63) is 30.1 Å². The number of nitrogens with zero attached hydrogens (tertiary/aromatic N) is 1. The maximum absolute atomic E-state index is 10.3. The van der Waals surface area contributed by atoms with Gasteiger partial charge in [0.25, 0.3) is 0 Å². The van der Waals surface area contributed by atoms with Crippen LogP contribution >= 0.6 is 0 Å². The minimum atomic E-state index is -0.897. The minimum absolute atomic E-state index is 0.0638. The highest BCUT2D eigenvalue weighted by molar-refractivity contribution is 5.67. The normalized spacial score (nSPS) is 12.4. The first-order valence-corrected chi connectivity index (χ1v) is 3.57. The van der Waals surface area contributed by atoms with Gasteiger partial charge in [-0.3, -0.25) is 9.78 Å². The van der Waals surface area contributed by atoms with E-state index >= 15 is 0 Å². The smallest absolute Gasteiger partial charge is 0.305 e. The van der Waals surface area contributed by atoms with Crippen LogP contribution in [-0.2, 0) is 4.79 Å². The van der Waals surface area contributed by atoms with Gasteiger partial charge in [0.2, 0.25) is 0 Å². The van der Waals surface area contributed by atoms with Gasteiger partial charge in [0.15, 0.2) is 0 Å². The molecule has 0 radical (unpaired) electrons. The van der Waals surface area contributed by atoms with Gasteiger partial charge in [0, 0.05) is 18.4 Å². The molecule has 1 heterocycles. The average molecular weight is 166 g/mol. The lowest BCUT2D eigenvalue weighted by molar-refractivity contribution is -0.137. The Morgan fingerprint density at radius 1 is 1.75 bits per heavy atom. The largest absolute Gasteiger partial charge is 0.481 e. The van der Waals surface area contributed by atoms with Crippen LogP contribution in [0.1, 0.15) is 18.0 Å². The molecule has 0 bridgehead atoms. The first-order valence-electron chi connectivity index (χ1n) is 3.57. The molecule has 0 aliphatic rings. The number of carboxylic acids is 1. The molecule has 1 aromatic rings. The molecule has 0 aromatic carbocycles. The Morgan fingerprint density at radius 2 is 2.50 bits per heavy atom. The van der Waals surface area contributed by atoms with Gasteiger partial charge in [-0.25, -0.2) is 0 Å². The number of hydrogen-bond acceptors (Lipinski definition) is 3. The number of hydrogen-bond donors (Lipinski definition) is 2. The van der Waals surface area contributed by atoms with Crippen molar-refractivity contribution in [3.63, 3.8) is 0 Å². The molecule has 1 rings (SSSR count). The molecule has 0 saturated heterocycles. The highest BCUT2D eigenvalue weighted by atomic mass is 16.4. The number of pyridine rings is 1. The van der Waals surface area contributed by atoms with E-state index in [9.17, 15) is 4.79 Å². The fraction of sp³-hybridized carbons (Fsp3) is 0.250. The van der Waals surface area contributed by atoms with E-state index in [0.717, 1.165) is 5.56 Å². The van der Waals surface area contributed by atoms with Crippen LogP contribution in [0.15, 0.2) is 24.5 Å². The topological polar surface area (TPSA) is 76.2 Å². The fourth-order valence-electron chi connectivity index (χ4n) is 0.901. The highest BCUT2D eigenvalue weighted by Crippen LogP contribution is 2.11. The summed E-state index contributed by atoms with van der Waals surface area (Å²) in [5.74, 6) is -0.897. The number of carbonyl (C=O) groups is 1. The zero-order valence-electron chi connectivity index (χ0n) is 6.47. The van der Waals surface area contributed by atoms with Crippen LogP contribution in [0.2, 0.25) is 0 Å². The molecule has 0 saturated carbocycles. The van der Waals surface area contributed by atoms with E-state index in [-0.39, 0.29) is 6.42 Å². The summed E-state index contributed by atoms with van der Waals surface area (Å²) in [4.78, 5) is 14.1. The molecule has 1 aromatic heterocycles. The van der Waals surface area contributed by atoms with Gasteiger partial charge in [0.1, 0.15) is 0 Å². The lowest BCUT2D eigenvalue weighted by atomic mass is 10.1. The van der Waals surface area contributed by atoms with Crippen LogP contribution in [0.4, 0.5) is 0 Å². The minimum Gasteiger partial charge on any atom is -0.481 e. The molecule has 4 nitrogen and oxygen atoms in total.